The van der Waals surface area contributed by atoms with E-state index in [1.54, 1.807) is 5.51 Å². The van der Waals surface area contributed by atoms with Crippen LogP contribution >= 0.6 is 23.1 Å². The van der Waals surface area contributed by atoms with Gasteiger partial charge < -0.3 is 5.32 Å². The van der Waals surface area contributed by atoms with Gasteiger partial charge in [-0.3, -0.25) is 4.79 Å². The summed E-state index contributed by atoms with van der Waals surface area (Å²) in [6.45, 7) is 8.39. The van der Waals surface area contributed by atoms with Crippen LogP contribution in [0.2, 0.25) is 0 Å². The van der Waals surface area contributed by atoms with E-state index in [9.17, 15) is 4.79 Å². The highest BCUT2D eigenvalue weighted by atomic mass is 32.2. The van der Waals surface area contributed by atoms with Gasteiger partial charge in [0, 0.05) is 6.04 Å². The molecule has 0 radical (unpaired) electrons. The first-order chi connectivity index (χ1) is 10.9. The molecule has 0 spiro atoms. The van der Waals surface area contributed by atoms with Gasteiger partial charge in [-0.05, 0) is 31.2 Å². The molecular weight excluding hydrogens is 326 g/mol. The van der Waals surface area contributed by atoms with Crippen molar-refractivity contribution in [1.82, 2.24) is 15.5 Å². The summed E-state index contributed by atoms with van der Waals surface area (Å²) in [6, 6.07) is 10.5. The zero-order valence-corrected chi connectivity index (χ0v) is 15.6. The van der Waals surface area contributed by atoms with E-state index < -0.39 is 0 Å². The number of hydrogen-bond donors (Lipinski definition) is 1. The van der Waals surface area contributed by atoms with E-state index in [1.165, 1.54) is 28.7 Å². The summed E-state index contributed by atoms with van der Waals surface area (Å²) in [7, 11) is 0. The van der Waals surface area contributed by atoms with Crippen molar-refractivity contribution in [1.29, 1.82) is 0 Å². The fraction of sp³-hybridized carbons (Fsp3) is 0.471. The maximum absolute atomic E-state index is 12.3. The van der Waals surface area contributed by atoms with Crippen LogP contribution in [0.5, 0.6) is 0 Å². The number of nitrogens with one attached hydrogen (secondary N) is 1. The van der Waals surface area contributed by atoms with Crippen LogP contribution in [0.4, 0.5) is 0 Å². The molecule has 6 heteroatoms. The van der Waals surface area contributed by atoms with Crippen LogP contribution < -0.4 is 5.32 Å². The average molecular weight is 350 g/mol. The maximum Gasteiger partial charge on any atom is 0.233 e. The van der Waals surface area contributed by atoms with Gasteiger partial charge in [0.2, 0.25) is 5.91 Å². The number of aromatic nitrogens is 2. The molecule has 0 aliphatic rings. The molecule has 2 aromatic rings. The van der Waals surface area contributed by atoms with Crippen molar-refractivity contribution in [3.8, 4) is 0 Å². The molecule has 0 bridgehead atoms. The third-order valence-corrected chi connectivity index (χ3v) is 5.66. The lowest BCUT2D eigenvalue weighted by molar-refractivity contribution is -0.121. The summed E-state index contributed by atoms with van der Waals surface area (Å²) in [5.41, 5.74) is 2.99. The van der Waals surface area contributed by atoms with Gasteiger partial charge in [0.1, 0.15) is 5.51 Å². The average Bonchev–Trinajstić information content (AvgIpc) is 3.00. The first kappa shape index (κ1) is 17.9. The molecule has 1 aromatic carbocycles. The van der Waals surface area contributed by atoms with E-state index in [-0.39, 0.29) is 22.6 Å². The largest absolute Gasteiger partial charge is 0.353 e. The molecule has 2 rings (SSSR count). The second kappa shape index (κ2) is 7.93. The highest BCUT2D eigenvalue weighted by molar-refractivity contribution is 8.02. The standard InChI is InChI=1S/C17H23N3OS2/c1-12(10-17(3,4)14-8-6-5-7-9-14)19-15(21)13(2)23-16-20-18-11-22-16/h5-9,11-13H,10H2,1-4H3,(H,19,21)/t12-,13+/m0/s1. The van der Waals surface area contributed by atoms with Crippen molar-refractivity contribution >= 4 is 29.0 Å². The predicted molar refractivity (Wildman–Crippen MR) is 96.9 cm³/mol. The molecular formula is C17H23N3OS2. The van der Waals surface area contributed by atoms with Crippen LogP contribution in [0.15, 0.2) is 40.2 Å². The lowest BCUT2D eigenvalue weighted by atomic mass is 9.79. The quantitative estimate of drug-likeness (QED) is 0.771. The number of thioether (sulfide) groups is 1. The molecule has 1 aromatic heterocycles. The van der Waals surface area contributed by atoms with Gasteiger partial charge in [0.05, 0.1) is 5.25 Å². The van der Waals surface area contributed by atoms with Crippen molar-refractivity contribution < 1.29 is 4.79 Å². The molecule has 23 heavy (non-hydrogen) atoms. The minimum absolute atomic E-state index is 0.0174. The lowest BCUT2D eigenvalue weighted by Crippen LogP contribution is -2.40. The third-order valence-electron chi connectivity index (χ3n) is 3.75. The van der Waals surface area contributed by atoms with Gasteiger partial charge in [-0.25, -0.2) is 0 Å². The Labute approximate surface area is 146 Å². The van der Waals surface area contributed by atoms with Gasteiger partial charge >= 0.3 is 0 Å². The Hall–Kier alpha value is -1.40. The van der Waals surface area contributed by atoms with Crippen LogP contribution in [0.3, 0.4) is 0 Å². The van der Waals surface area contributed by atoms with E-state index in [0.29, 0.717) is 0 Å². The molecule has 1 amide bonds. The predicted octanol–water partition coefficient (Wildman–Crippen LogP) is 3.89. The Bertz CT molecular complexity index is 614. The van der Waals surface area contributed by atoms with Crippen LogP contribution in [0, 0.1) is 0 Å². The number of amides is 1. The summed E-state index contributed by atoms with van der Waals surface area (Å²) >= 11 is 2.90. The zero-order valence-electron chi connectivity index (χ0n) is 13.9. The van der Waals surface area contributed by atoms with Crippen molar-refractivity contribution in [2.75, 3.05) is 0 Å². The molecule has 0 aliphatic carbocycles. The molecule has 0 aliphatic heterocycles. The highest BCUT2D eigenvalue weighted by Gasteiger charge is 2.25. The minimum Gasteiger partial charge on any atom is -0.353 e. The molecule has 1 N–H and O–H groups in total. The van der Waals surface area contributed by atoms with E-state index in [4.69, 9.17) is 0 Å². The van der Waals surface area contributed by atoms with E-state index in [0.717, 1.165) is 10.8 Å². The number of rotatable bonds is 7. The van der Waals surface area contributed by atoms with Gasteiger partial charge in [0.25, 0.3) is 0 Å². The number of carbonyl (C=O) groups is 1. The molecule has 0 unspecified atom stereocenters. The Kier molecular flexibility index (Phi) is 6.18. The number of nitrogens with zero attached hydrogens (tertiary/aromatic N) is 2. The first-order valence-corrected chi connectivity index (χ1v) is 9.43. The van der Waals surface area contributed by atoms with Gasteiger partial charge in [0.15, 0.2) is 4.34 Å². The Balaban J connectivity index is 1.88. The molecule has 4 nitrogen and oxygen atoms in total. The summed E-state index contributed by atoms with van der Waals surface area (Å²) in [5, 5.41) is 10.7. The van der Waals surface area contributed by atoms with Gasteiger partial charge in [-0.1, -0.05) is 67.3 Å². The van der Waals surface area contributed by atoms with E-state index in [1.807, 2.05) is 13.0 Å². The number of benzene rings is 1. The topological polar surface area (TPSA) is 54.9 Å². The second-order valence-electron chi connectivity index (χ2n) is 6.33. The van der Waals surface area contributed by atoms with Crippen LogP contribution in [-0.4, -0.2) is 27.4 Å². The number of carbonyl (C=O) groups excluding carboxylic acids is 1. The minimum atomic E-state index is -0.176. The summed E-state index contributed by atoms with van der Waals surface area (Å²) < 4.78 is 0.824. The summed E-state index contributed by atoms with van der Waals surface area (Å²) in [5.74, 6) is 0.0431. The molecule has 124 valence electrons. The third kappa shape index (κ3) is 5.32. The van der Waals surface area contributed by atoms with Crippen molar-refractivity contribution in [2.45, 2.75) is 55.2 Å². The SMILES string of the molecule is C[C@@H](CC(C)(C)c1ccccc1)NC(=O)[C@@H](C)Sc1nncs1. The highest BCUT2D eigenvalue weighted by Crippen LogP contribution is 2.29. The fourth-order valence-corrected chi connectivity index (χ4v) is 4.24. The molecule has 0 fully saturated rings. The van der Waals surface area contributed by atoms with Crippen LogP contribution in [-0.2, 0) is 10.2 Å². The van der Waals surface area contributed by atoms with Crippen LogP contribution in [0.25, 0.3) is 0 Å². The summed E-state index contributed by atoms with van der Waals surface area (Å²) in [4.78, 5) is 12.3. The normalized spacial score (nSPS) is 14.3. The fourth-order valence-electron chi connectivity index (χ4n) is 2.60. The van der Waals surface area contributed by atoms with E-state index in [2.05, 4.69) is 60.6 Å². The monoisotopic (exact) mass is 349 g/mol. The molecule has 2 atom stereocenters. The maximum atomic E-state index is 12.3. The van der Waals surface area contributed by atoms with Crippen molar-refractivity contribution in [3.63, 3.8) is 0 Å². The Morgan fingerprint density at radius 1 is 1.30 bits per heavy atom. The van der Waals surface area contributed by atoms with E-state index >= 15 is 0 Å². The first-order valence-electron chi connectivity index (χ1n) is 7.67. The smallest absolute Gasteiger partial charge is 0.233 e. The lowest BCUT2D eigenvalue weighted by Gasteiger charge is -2.29. The number of hydrogen-bond acceptors (Lipinski definition) is 5. The summed E-state index contributed by atoms with van der Waals surface area (Å²) in [6.07, 6.45) is 0.888. The second-order valence-corrected chi connectivity index (χ2v) is 8.75. The molecule has 0 saturated carbocycles. The molecule has 1 heterocycles. The zero-order chi connectivity index (χ0) is 16.9. The van der Waals surface area contributed by atoms with Gasteiger partial charge in [-0.15, -0.1) is 10.2 Å². The van der Waals surface area contributed by atoms with Crippen molar-refractivity contribution in [2.24, 2.45) is 0 Å². The van der Waals surface area contributed by atoms with Crippen LogP contribution in [0.1, 0.15) is 39.7 Å². The Morgan fingerprint density at radius 3 is 2.61 bits per heavy atom. The van der Waals surface area contributed by atoms with Crippen molar-refractivity contribution in [3.05, 3.63) is 41.4 Å². The molecule has 0 saturated heterocycles. The van der Waals surface area contributed by atoms with Gasteiger partial charge in [-0.2, -0.15) is 0 Å². The Morgan fingerprint density at radius 2 is 2.00 bits per heavy atom.